The maximum atomic E-state index is 14.4. The number of nitrogens with zero attached hydrogens (tertiary/aromatic N) is 3. The second-order valence-electron chi connectivity index (χ2n) is 46.3. The number of piperidine rings is 3. The highest BCUT2D eigenvalue weighted by Gasteiger charge is 2.73. The van der Waals surface area contributed by atoms with Crippen LogP contribution in [0, 0.1) is 109 Å². The number of Topliss-reactive ketones (excluding diaryl/α,β-unsaturated/α-hetero) is 6. The molecule has 0 radical (unpaired) electrons. The molecule has 135 heavy (non-hydrogen) atoms. The van der Waals surface area contributed by atoms with Crippen molar-refractivity contribution in [2.45, 2.75) is 326 Å². The van der Waals surface area contributed by atoms with E-state index < -0.39 is 177 Å². The fourth-order valence-corrected chi connectivity index (χ4v) is 22.3. The number of carbonyl (C=O) groups is 18. The lowest BCUT2D eigenvalue weighted by Crippen LogP contribution is -2.62. The van der Waals surface area contributed by atoms with Crippen LogP contribution in [-0.2, 0) is 62.3 Å². The van der Waals surface area contributed by atoms with Crippen molar-refractivity contribution in [3.05, 3.63) is 71.8 Å². The Balaban J connectivity index is 0.000000195. The third-order valence-electron chi connectivity index (χ3n) is 31.5. The van der Waals surface area contributed by atoms with E-state index in [1.54, 1.807) is 62.4 Å². The van der Waals surface area contributed by atoms with Gasteiger partial charge in [0.05, 0.1) is 36.3 Å². The van der Waals surface area contributed by atoms with Gasteiger partial charge in [0.25, 0.3) is 17.7 Å². The first kappa shape index (κ1) is 105. The largest absolute Gasteiger partial charge is 0.363 e. The first-order valence-electron chi connectivity index (χ1n) is 49.3. The summed E-state index contributed by atoms with van der Waals surface area (Å²) in [4.78, 5) is 243. The van der Waals surface area contributed by atoms with Crippen LogP contribution in [0.25, 0.3) is 0 Å². The van der Waals surface area contributed by atoms with Crippen LogP contribution in [0.1, 0.15) is 274 Å². The van der Waals surface area contributed by atoms with E-state index in [0.717, 1.165) is 103 Å². The van der Waals surface area contributed by atoms with Crippen LogP contribution in [0.2, 0.25) is 0 Å². The second-order valence-corrected chi connectivity index (χ2v) is 46.3. The number of amides is 15. The molecule has 742 valence electrons. The number of benzene rings is 2. The van der Waals surface area contributed by atoms with Crippen molar-refractivity contribution in [1.82, 2.24) is 62.6 Å². The molecular weight excluding hydrogens is 1720 g/mol. The maximum Gasteiger partial charge on any atom is 0.316 e. The Bertz CT molecular complexity index is 4810. The van der Waals surface area contributed by atoms with Gasteiger partial charge < -0.3 is 79.8 Å². The van der Waals surface area contributed by atoms with Crippen molar-refractivity contribution in [3.8, 4) is 0 Å². The monoisotopic (exact) mass is 1870 g/mol. The third kappa shape index (κ3) is 24.6. The molecule has 3 saturated heterocycles. The number of carbonyl (C=O) groups excluding carboxylic acids is 18. The molecule has 2 aromatic rings. The van der Waals surface area contributed by atoms with E-state index in [1.165, 1.54) is 14.7 Å². The molecule has 0 aromatic heterocycles. The van der Waals surface area contributed by atoms with Gasteiger partial charge in [-0.25, -0.2) is 14.4 Å². The van der Waals surface area contributed by atoms with E-state index in [9.17, 15) is 86.3 Å². The van der Waals surface area contributed by atoms with Crippen molar-refractivity contribution < 1.29 is 86.3 Å². The highest BCUT2D eigenvalue weighted by atomic mass is 16.2. The highest BCUT2D eigenvalue weighted by Crippen LogP contribution is 2.67. The predicted molar refractivity (Wildman–Crippen MR) is 505 cm³/mol. The molecule has 15 N–H and O–H groups in total. The summed E-state index contributed by atoms with van der Waals surface area (Å²) in [6.07, 6.45) is 15.9. The number of nitrogens with one attached hydrogen (secondary N) is 9. The van der Waals surface area contributed by atoms with Crippen LogP contribution in [0.4, 0.5) is 14.4 Å². The van der Waals surface area contributed by atoms with E-state index in [4.69, 9.17) is 17.2 Å². The van der Waals surface area contributed by atoms with Crippen molar-refractivity contribution in [2.75, 3.05) is 19.6 Å². The summed E-state index contributed by atoms with van der Waals surface area (Å²) in [5.74, 6) is -8.77. The minimum atomic E-state index is -1.10. The molecule has 11 fully saturated rings. The predicted octanol–water partition coefficient (Wildman–Crippen LogP) is 8.48. The minimum Gasteiger partial charge on any atom is -0.363 e. The number of rotatable bonds is 36. The summed E-state index contributed by atoms with van der Waals surface area (Å²) >= 11 is 0. The van der Waals surface area contributed by atoms with Crippen LogP contribution in [0.3, 0.4) is 0 Å². The molecule has 33 heteroatoms. The van der Waals surface area contributed by atoms with Crippen molar-refractivity contribution in [2.24, 2.45) is 127 Å². The lowest BCUT2D eigenvalue weighted by Gasteiger charge is -2.38. The van der Waals surface area contributed by atoms with Crippen LogP contribution in [0.5, 0.6) is 0 Å². The van der Waals surface area contributed by atoms with E-state index in [1.807, 2.05) is 102 Å². The Hall–Kier alpha value is -10.5. The van der Waals surface area contributed by atoms with Crippen molar-refractivity contribution in [1.29, 1.82) is 0 Å². The molecule has 8 saturated carbocycles. The number of nitrogens with two attached hydrogens (primary N) is 3. The van der Waals surface area contributed by atoms with Crippen LogP contribution in [0.15, 0.2) is 60.7 Å². The van der Waals surface area contributed by atoms with Crippen molar-refractivity contribution in [3.63, 3.8) is 0 Å². The van der Waals surface area contributed by atoms with Gasteiger partial charge in [-0.1, -0.05) is 269 Å². The van der Waals surface area contributed by atoms with Crippen LogP contribution >= 0.6 is 0 Å². The van der Waals surface area contributed by atoms with Crippen molar-refractivity contribution >= 4 is 106 Å². The number of hydrogen-bond acceptors (Lipinski definition) is 18. The van der Waals surface area contributed by atoms with Gasteiger partial charge >= 0.3 is 18.1 Å². The Morgan fingerprint density at radius 1 is 0.356 bits per heavy atom. The lowest BCUT2D eigenvalue weighted by atomic mass is 9.80. The molecule has 0 bridgehead atoms. The van der Waals surface area contributed by atoms with Gasteiger partial charge in [0, 0.05) is 36.7 Å². The second kappa shape index (κ2) is 41.8. The number of likely N-dealkylation sites (tertiary alicyclic amines) is 3. The van der Waals surface area contributed by atoms with Crippen LogP contribution in [-0.4, -0.2) is 213 Å². The molecule has 0 spiro atoms. The number of primary amides is 3. The number of hydrogen-bond donors (Lipinski definition) is 12. The minimum absolute atomic E-state index is 0.00468. The summed E-state index contributed by atoms with van der Waals surface area (Å²) in [7, 11) is 0. The Morgan fingerprint density at radius 2 is 0.630 bits per heavy atom. The molecule has 3 heterocycles. The average molecular weight is 1880 g/mol. The third-order valence-corrected chi connectivity index (χ3v) is 31.5. The molecule has 2 aromatic carbocycles. The zero-order valence-corrected chi connectivity index (χ0v) is 82.7. The quantitative estimate of drug-likeness (QED) is 0.0225. The van der Waals surface area contributed by atoms with Gasteiger partial charge in [0.2, 0.25) is 52.8 Å². The summed E-state index contributed by atoms with van der Waals surface area (Å²) in [5, 5.41) is 25.5. The fourth-order valence-electron chi connectivity index (χ4n) is 22.3. The molecule has 18 atom stereocenters. The Morgan fingerprint density at radius 3 is 0.874 bits per heavy atom. The smallest absolute Gasteiger partial charge is 0.316 e. The molecule has 13 rings (SSSR count). The first-order valence-corrected chi connectivity index (χ1v) is 49.3. The fraction of sp³-hybridized carbons (Fsp3) is 0.706. The van der Waals surface area contributed by atoms with Gasteiger partial charge in [-0.15, -0.1) is 0 Å². The van der Waals surface area contributed by atoms with E-state index >= 15 is 0 Å². The lowest BCUT2D eigenvalue weighted by molar-refractivity contribution is -0.145. The van der Waals surface area contributed by atoms with E-state index in [0.29, 0.717) is 50.0 Å². The van der Waals surface area contributed by atoms with Gasteiger partial charge in [-0.2, -0.15) is 0 Å². The normalized spacial score (nSPS) is 25.4. The van der Waals surface area contributed by atoms with E-state index in [2.05, 4.69) is 75.5 Å². The first-order chi connectivity index (χ1) is 63.0. The van der Waals surface area contributed by atoms with E-state index in [-0.39, 0.29) is 111 Å². The molecule has 15 amide bonds. The topological polar surface area (TPSA) is 503 Å². The SMILES string of the molecule is CC(C)(C)[C@H](NC(=O)N[C@H](C(=O)c1ccccc1)C1CCCC1)C(=O)N1C[C@H]2[C@@H]([C@H]1C(=O)NC(CC1CC1)C(=O)C(N)=O)C2(C)C.CC(C)(C)[C@H](NC(=O)N[C@H](C(=O)c1ccccc1)C1CCCCC1)C(=O)N1C[C@H]2[C@@H]([C@H]1C(=O)NC(CC1CCC1)C(=O)C(N)=O)C2(C)C.CC(C)C(=O)[C@@H](NC(=O)N[C@H](C(=O)N1C[C@H]2[C@@H]([C@H]1C(=O)NC(CC1CC1)C(=O)C(N)=O)C2(C)C)C(C)(C)C)C(C)C. The average Bonchev–Trinajstić information content (AvgIpc) is 1.53. The number of ketones is 6. The number of urea groups is 3. The summed E-state index contributed by atoms with van der Waals surface area (Å²) < 4.78 is 0. The van der Waals surface area contributed by atoms with Gasteiger partial charge in [0.1, 0.15) is 36.3 Å². The Labute approximate surface area is 794 Å². The van der Waals surface area contributed by atoms with Gasteiger partial charge in [0.15, 0.2) is 17.3 Å². The van der Waals surface area contributed by atoms with Gasteiger partial charge in [-0.3, -0.25) is 71.9 Å². The zero-order chi connectivity index (χ0) is 99.7. The van der Waals surface area contributed by atoms with Crippen LogP contribution < -0.4 is 65.1 Å². The molecule has 3 aliphatic heterocycles. The number of fused-ring (bicyclic) bond motifs is 3. The molecule has 33 nitrogen and oxygen atoms in total. The highest BCUT2D eigenvalue weighted by molar-refractivity contribution is 6.39. The summed E-state index contributed by atoms with van der Waals surface area (Å²) in [6, 6.07) is 5.09. The molecule has 11 aliphatic rings. The molecule has 8 aliphatic carbocycles. The molecule has 3 unspecified atom stereocenters. The standard InChI is InChI=1S/C37H53N5O6.C35H49N5O6.C30H49N5O6/c1-36(2,3)31(41-35(48)40-27(22-15-8-6-9-16-22)29(43)23-17-10-7-11-18-23)34(47)42-20-24-26(37(24,4)5)28(42)33(46)39-25(30(44)32(38)45)19-21-13-12-14-21;1-34(2,3)29(39-33(46)38-25(20-11-9-10-12-20)27(41)21-13-7-6-8-14-21)32(45)40-18-22-24(35(22,4)5)26(40)31(44)37-23(17-19-15-16-19)28(42)30(36)43;1-14(2)20(22(36)15(3)4)33-28(41)34-24(29(5,6)7)27(40)35-13-17-19(30(17,8)9)21(35)26(39)32-18(12-16-10-11-16)23(37)25(31)38/h7,10-11,17-18,21-22,24-28,31H,6,8-9,12-16,19-20H2,1-5H3,(H2,38,45)(H,39,46)(H2,40,41,48);6-8,13-14,19-20,22-26,29H,9-12,15-18H2,1-5H3,(H2,36,43)(H,37,44)(H2,38,39,46);14-21,24H,10-13H2,1-9H3,(H2,31,38)(H,32,39)(H2,33,34,41)/t24-,25?,26-,27-,28-,31+;22-,23?,24-,25-,26-,29+;17-,18?,19-,20-,21-,24+/m000/s1. The van der Waals surface area contributed by atoms with Gasteiger partial charge in [-0.05, 0) is 148 Å². The molecular formula is C102H151N15O18. The summed E-state index contributed by atoms with van der Waals surface area (Å²) in [5.41, 5.74) is 14.2. The Kier molecular flexibility index (Phi) is 32.5. The maximum absolute atomic E-state index is 14.4. The zero-order valence-electron chi connectivity index (χ0n) is 82.7. The summed E-state index contributed by atoms with van der Waals surface area (Å²) in [6.45, 7) is 37.1.